The highest BCUT2D eigenvalue weighted by Gasteiger charge is 2.16. The molecule has 170 valence electrons. The van der Waals surface area contributed by atoms with Crippen LogP contribution in [0.3, 0.4) is 0 Å². The molecule has 3 aromatic heterocycles. The monoisotopic (exact) mass is 464 g/mol. The lowest BCUT2D eigenvalue weighted by Crippen LogP contribution is -1.92. The van der Waals surface area contributed by atoms with Gasteiger partial charge in [0.1, 0.15) is 17.0 Å². The van der Waals surface area contributed by atoms with Crippen LogP contribution in [0.15, 0.2) is 112 Å². The number of aromatic nitrogens is 2. The van der Waals surface area contributed by atoms with Crippen LogP contribution in [0.5, 0.6) is 0 Å². The zero-order chi connectivity index (χ0) is 23.8. The summed E-state index contributed by atoms with van der Waals surface area (Å²) in [6, 6.07) is 35.6. The molecule has 5 aromatic carbocycles. The van der Waals surface area contributed by atoms with Gasteiger partial charge >= 0.3 is 0 Å². The van der Waals surface area contributed by atoms with E-state index in [9.17, 15) is 0 Å². The lowest BCUT2D eigenvalue weighted by atomic mass is 10.0. The Morgan fingerprint density at radius 1 is 0.556 bits per heavy atom. The molecular weight excluding hydrogens is 444 g/mol. The molecule has 0 saturated heterocycles. The summed E-state index contributed by atoms with van der Waals surface area (Å²) in [6.45, 7) is 0. The van der Waals surface area contributed by atoms with E-state index in [2.05, 4.69) is 84.4 Å². The van der Waals surface area contributed by atoms with Crippen LogP contribution in [-0.4, -0.2) is 9.55 Å². The van der Waals surface area contributed by atoms with Gasteiger partial charge in [0.05, 0.1) is 11.0 Å². The number of imidazole rings is 1. The fraction of sp³-hybridized carbons (Fsp3) is 0.0312. The van der Waals surface area contributed by atoms with E-state index in [1.165, 1.54) is 0 Å². The zero-order valence-corrected chi connectivity index (χ0v) is 19.5. The zero-order valence-electron chi connectivity index (χ0n) is 19.5. The minimum Gasteiger partial charge on any atom is -0.452 e. The molecule has 3 heterocycles. The van der Waals surface area contributed by atoms with Crippen molar-refractivity contribution in [3.63, 3.8) is 0 Å². The molecule has 8 rings (SSSR count). The van der Waals surface area contributed by atoms with E-state index < -0.39 is 0 Å². The lowest BCUT2D eigenvalue weighted by molar-refractivity contribution is 0.633. The van der Waals surface area contributed by atoms with Crippen LogP contribution in [0.2, 0.25) is 0 Å². The number of benzene rings is 5. The Bertz CT molecular complexity index is 2110. The van der Waals surface area contributed by atoms with E-state index in [4.69, 9.17) is 13.8 Å². The predicted octanol–water partition coefficient (Wildman–Crippen LogP) is 8.71. The van der Waals surface area contributed by atoms with Gasteiger partial charge in [-0.05, 0) is 53.6 Å². The molecule has 0 aliphatic rings. The molecule has 0 aliphatic heterocycles. The summed E-state index contributed by atoms with van der Waals surface area (Å²) in [5, 5.41) is 4.34. The van der Waals surface area contributed by atoms with Crippen LogP contribution in [0.1, 0.15) is 0 Å². The van der Waals surface area contributed by atoms with Crippen molar-refractivity contribution in [2.75, 3.05) is 0 Å². The summed E-state index contributed by atoms with van der Waals surface area (Å²) in [4.78, 5) is 4.84. The number of nitrogens with zero attached hydrogens (tertiary/aromatic N) is 2. The normalized spacial score (nSPS) is 12.0. The van der Waals surface area contributed by atoms with Crippen LogP contribution in [-0.2, 0) is 7.05 Å². The van der Waals surface area contributed by atoms with Crippen molar-refractivity contribution in [2.45, 2.75) is 0 Å². The average molecular weight is 465 g/mol. The predicted molar refractivity (Wildman–Crippen MR) is 146 cm³/mol. The van der Waals surface area contributed by atoms with E-state index >= 15 is 0 Å². The Labute approximate surface area is 206 Å². The molecule has 4 heteroatoms. The van der Waals surface area contributed by atoms with Crippen LogP contribution in [0.4, 0.5) is 0 Å². The van der Waals surface area contributed by atoms with Crippen molar-refractivity contribution in [3.05, 3.63) is 103 Å². The molecular formula is C32H20N2O2. The summed E-state index contributed by atoms with van der Waals surface area (Å²) < 4.78 is 14.6. The fourth-order valence-electron chi connectivity index (χ4n) is 5.41. The van der Waals surface area contributed by atoms with Crippen LogP contribution < -0.4 is 0 Å². The fourth-order valence-corrected chi connectivity index (χ4v) is 5.41. The summed E-state index contributed by atoms with van der Waals surface area (Å²) in [5.74, 6) is 0.967. The largest absolute Gasteiger partial charge is 0.452 e. The Hall–Kier alpha value is -4.83. The third-order valence-corrected chi connectivity index (χ3v) is 7.25. The van der Waals surface area contributed by atoms with Crippen molar-refractivity contribution < 1.29 is 8.83 Å². The van der Waals surface area contributed by atoms with Crippen LogP contribution in [0.25, 0.3) is 77.4 Å². The summed E-state index contributed by atoms with van der Waals surface area (Å²) >= 11 is 0. The van der Waals surface area contributed by atoms with Gasteiger partial charge in [-0.1, -0.05) is 60.7 Å². The second kappa shape index (κ2) is 7.09. The van der Waals surface area contributed by atoms with E-state index in [0.29, 0.717) is 0 Å². The molecule has 0 saturated carbocycles. The number of hydrogen-bond acceptors (Lipinski definition) is 3. The molecule has 0 unspecified atom stereocenters. The van der Waals surface area contributed by atoms with Crippen molar-refractivity contribution in [3.8, 4) is 22.5 Å². The summed E-state index contributed by atoms with van der Waals surface area (Å²) in [5.41, 5.74) is 8.87. The van der Waals surface area contributed by atoms with Gasteiger partial charge in [-0.15, -0.1) is 0 Å². The van der Waals surface area contributed by atoms with Crippen molar-refractivity contribution in [1.29, 1.82) is 0 Å². The number of rotatable bonds is 2. The Morgan fingerprint density at radius 3 is 2.00 bits per heavy atom. The Morgan fingerprint density at radius 2 is 1.19 bits per heavy atom. The minimum atomic E-state index is 0.799. The van der Waals surface area contributed by atoms with Gasteiger partial charge in [0, 0.05) is 34.2 Å². The van der Waals surface area contributed by atoms with Gasteiger partial charge in [-0.2, -0.15) is 0 Å². The molecule has 0 N–H and O–H groups in total. The molecule has 0 amide bonds. The first-order chi connectivity index (χ1) is 17.7. The van der Waals surface area contributed by atoms with Crippen molar-refractivity contribution in [1.82, 2.24) is 9.55 Å². The third-order valence-electron chi connectivity index (χ3n) is 7.25. The van der Waals surface area contributed by atoms with Gasteiger partial charge in [0.15, 0.2) is 11.2 Å². The highest BCUT2D eigenvalue weighted by atomic mass is 16.4. The van der Waals surface area contributed by atoms with Gasteiger partial charge in [-0.25, -0.2) is 4.98 Å². The minimum absolute atomic E-state index is 0.799. The summed E-state index contributed by atoms with van der Waals surface area (Å²) in [7, 11) is 2.06. The topological polar surface area (TPSA) is 44.1 Å². The van der Waals surface area contributed by atoms with E-state index in [0.717, 1.165) is 77.4 Å². The van der Waals surface area contributed by atoms with Gasteiger partial charge in [0.25, 0.3) is 0 Å². The number of furan rings is 2. The maximum atomic E-state index is 6.30. The van der Waals surface area contributed by atoms with Gasteiger partial charge in [0.2, 0.25) is 0 Å². The SMILES string of the molecule is Cn1c(-c2ccc(-c3ccc4oc5c(ccc6c7ccccc7oc65)c4c3)cc2)nc2ccccc21. The highest BCUT2D eigenvalue weighted by molar-refractivity contribution is 6.19. The lowest BCUT2D eigenvalue weighted by Gasteiger charge is -2.06. The average Bonchev–Trinajstić information content (AvgIpc) is 3.60. The number of aryl methyl sites for hydroxylation is 1. The Balaban J connectivity index is 1.24. The van der Waals surface area contributed by atoms with Crippen LogP contribution in [0, 0.1) is 0 Å². The maximum absolute atomic E-state index is 6.30. The maximum Gasteiger partial charge on any atom is 0.178 e. The first kappa shape index (κ1) is 19.5. The smallest absolute Gasteiger partial charge is 0.178 e. The quantitative estimate of drug-likeness (QED) is 0.257. The third kappa shape index (κ3) is 2.67. The number of hydrogen-bond donors (Lipinski definition) is 0. The Kier molecular flexibility index (Phi) is 3.84. The van der Waals surface area contributed by atoms with E-state index in [1.54, 1.807) is 0 Å². The second-order valence-electron chi connectivity index (χ2n) is 9.29. The molecule has 0 radical (unpaired) electrons. The van der Waals surface area contributed by atoms with Crippen LogP contribution >= 0.6 is 0 Å². The van der Waals surface area contributed by atoms with Crippen molar-refractivity contribution in [2.24, 2.45) is 7.05 Å². The number of para-hydroxylation sites is 3. The van der Waals surface area contributed by atoms with E-state index in [-0.39, 0.29) is 0 Å². The highest BCUT2D eigenvalue weighted by Crippen LogP contribution is 2.39. The second-order valence-corrected chi connectivity index (χ2v) is 9.29. The summed E-state index contributed by atoms with van der Waals surface area (Å²) in [6.07, 6.45) is 0. The van der Waals surface area contributed by atoms with E-state index in [1.807, 2.05) is 30.3 Å². The number of fused-ring (bicyclic) bond motifs is 8. The van der Waals surface area contributed by atoms with Gasteiger partial charge < -0.3 is 13.4 Å². The first-order valence-electron chi connectivity index (χ1n) is 12.0. The molecule has 4 nitrogen and oxygen atoms in total. The molecule has 36 heavy (non-hydrogen) atoms. The molecule has 0 atom stereocenters. The molecule has 8 aromatic rings. The molecule has 0 aliphatic carbocycles. The molecule has 0 fully saturated rings. The van der Waals surface area contributed by atoms with Gasteiger partial charge in [-0.3, -0.25) is 0 Å². The molecule has 0 bridgehead atoms. The molecule has 0 spiro atoms. The van der Waals surface area contributed by atoms with Crippen molar-refractivity contribution >= 4 is 54.9 Å². The standard InChI is InChI=1S/C32H20N2O2/c1-34-27-8-4-3-7-26(27)33-32(34)20-12-10-19(11-13-20)21-14-17-29-25(18-21)24-16-15-23-22-6-2-5-9-28(22)35-30(23)31(24)36-29/h2-18H,1H3. The first-order valence-corrected chi connectivity index (χ1v) is 12.0.